The van der Waals surface area contributed by atoms with E-state index in [1.807, 2.05) is 17.9 Å². The van der Waals surface area contributed by atoms with Gasteiger partial charge in [-0.15, -0.1) is 11.3 Å². The van der Waals surface area contributed by atoms with Gasteiger partial charge in [-0.1, -0.05) is 0 Å². The van der Waals surface area contributed by atoms with E-state index in [-0.39, 0.29) is 17.9 Å². The summed E-state index contributed by atoms with van der Waals surface area (Å²) in [6.07, 6.45) is 0.918. The molecule has 0 saturated carbocycles. The molecule has 6 nitrogen and oxygen atoms in total. The number of nitrogens with zero attached hydrogens (tertiary/aromatic N) is 2. The molecule has 1 fully saturated rings. The standard InChI is InChI=1S/C14H17N3O3S/c1-9-11(14(19)20)2-5-17(9)6-3-12(18)16-13-10(8-15)4-7-21-13/h4,7,9,11H,2-3,5-6H2,1H3,(H,16,18)(H,19,20). The van der Waals surface area contributed by atoms with Crippen LogP contribution in [0.2, 0.25) is 0 Å². The van der Waals surface area contributed by atoms with E-state index in [1.165, 1.54) is 11.3 Å². The molecular weight excluding hydrogens is 290 g/mol. The molecule has 1 saturated heterocycles. The molecule has 21 heavy (non-hydrogen) atoms. The van der Waals surface area contributed by atoms with Gasteiger partial charge >= 0.3 is 5.97 Å². The van der Waals surface area contributed by atoms with Crippen molar-refractivity contribution in [1.29, 1.82) is 5.26 Å². The molecule has 1 amide bonds. The Bertz CT molecular complexity index is 578. The number of hydrogen-bond acceptors (Lipinski definition) is 5. The second kappa shape index (κ2) is 6.70. The number of hydrogen-bond donors (Lipinski definition) is 2. The molecule has 2 heterocycles. The number of carbonyl (C=O) groups excluding carboxylic acids is 1. The summed E-state index contributed by atoms with van der Waals surface area (Å²) < 4.78 is 0. The van der Waals surface area contributed by atoms with Crippen LogP contribution in [0.15, 0.2) is 11.4 Å². The first-order valence-corrected chi connectivity index (χ1v) is 7.65. The van der Waals surface area contributed by atoms with Gasteiger partial charge in [0.25, 0.3) is 0 Å². The van der Waals surface area contributed by atoms with Crippen molar-refractivity contribution >= 4 is 28.2 Å². The van der Waals surface area contributed by atoms with Crippen LogP contribution >= 0.6 is 11.3 Å². The summed E-state index contributed by atoms with van der Waals surface area (Å²) in [5, 5.41) is 23.0. The molecular formula is C14H17N3O3S. The number of carboxylic acids is 1. The van der Waals surface area contributed by atoms with Crippen molar-refractivity contribution in [3.63, 3.8) is 0 Å². The van der Waals surface area contributed by atoms with E-state index >= 15 is 0 Å². The first-order chi connectivity index (χ1) is 10.0. The van der Waals surface area contributed by atoms with Gasteiger partial charge in [-0.05, 0) is 31.3 Å². The fourth-order valence-electron chi connectivity index (χ4n) is 2.58. The van der Waals surface area contributed by atoms with Gasteiger partial charge in [-0.2, -0.15) is 5.26 Å². The Balaban J connectivity index is 1.83. The number of aliphatic carboxylic acids is 1. The average molecular weight is 307 g/mol. The lowest BCUT2D eigenvalue weighted by atomic mass is 10.0. The molecule has 0 aliphatic carbocycles. The Morgan fingerprint density at radius 2 is 2.38 bits per heavy atom. The molecule has 112 valence electrons. The van der Waals surface area contributed by atoms with Crippen LogP contribution in [-0.2, 0) is 9.59 Å². The lowest BCUT2D eigenvalue weighted by Gasteiger charge is -2.22. The van der Waals surface area contributed by atoms with Gasteiger partial charge in [0.1, 0.15) is 11.1 Å². The third kappa shape index (κ3) is 3.60. The maximum atomic E-state index is 11.9. The van der Waals surface area contributed by atoms with Crippen molar-refractivity contribution in [3.8, 4) is 6.07 Å². The van der Waals surface area contributed by atoms with E-state index in [0.717, 1.165) is 0 Å². The molecule has 1 aromatic rings. The van der Waals surface area contributed by atoms with Crippen LogP contribution in [0.4, 0.5) is 5.00 Å². The third-order valence-corrected chi connectivity index (χ3v) is 4.70. The number of carbonyl (C=O) groups is 2. The number of amides is 1. The Morgan fingerprint density at radius 3 is 3.00 bits per heavy atom. The van der Waals surface area contributed by atoms with E-state index in [2.05, 4.69) is 5.32 Å². The molecule has 1 aromatic heterocycles. The Kier molecular flexibility index (Phi) is 4.94. The fourth-order valence-corrected chi connectivity index (χ4v) is 3.33. The van der Waals surface area contributed by atoms with Crippen molar-refractivity contribution in [2.45, 2.75) is 25.8 Å². The number of likely N-dealkylation sites (tertiary alicyclic amines) is 1. The Labute approximate surface area is 127 Å². The van der Waals surface area contributed by atoms with Crippen LogP contribution in [0, 0.1) is 17.2 Å². The Morgan fingerprint density at radius 1 is 1.62 bits per heavy atom. The van der Waals surface area contributed by atoms with E-state index in [0.29, 0.717) is 36.5 Å². The number of nitrogens with one attached hydrogen (secondary N) is 1. The van der Waals surface area contributed by atoms with E-state index in [9.17, 15) is 9.59 Å². The van der Waals surface area contributed by atoms with Crippen LogP contribution < -0.4 is 5.32 Å². The van der Waals surface area contributed by atoms with Gasteiger partial charge in [-0.25, -0.2) is 0 Å². The molecule has 0 radical (unpaired) electrons. The van der Waals surface area contributed by atoms with Gasteiger partial charge in [0.05, 0.1) is 11.5 Å². The first-order valence-electron chi connectivity index (χ1n) is 6.77. The highest BCUT2D eigenvalue weighted by atomic mass is 32.1. The molecule has 7 heteroatoms. The summed E-state index contributed by atoms with van der Waals surface area (Å²) in [6, 6.07) is 3.64. The molecule has 1 aliphatic heterocycles. The first kappa shape index (κ1) is 15.5. The molecule has 0 bridgehead atoms. The lowest BCUT2D eigenvalue weighted by Crippen LogP contribution is -2.35. The van der Waals surface area contributed by atoms with Gasteiger partial charge in [-0.3, -0.25) is 14.5 Å². The number of carboxylic acid groups (broad SMARTS) is 1. The quantitative estimate of drug-likeness (QED) is 0.864. The maximum Gasteiger partial charge on any atom is 0.308 e. The maximum absolute atomic E-state index is 11.9. The van der Waals surface area contributed by atoms with Gasteiger partial charge in [0.2, 0.25) is 5.91 Å². The SMILES string of the molecule is CC1C(C(=O)O)CCN1CCC(=O)Nc1sccc1C#N. The van der Waals surface area contributed by atoms with E-state index in [1.54, 1.807) is 11.4 Å². The largest absolute Gasteiger partial charge is 0.481 e. The van der Waals surface area contributed by atoms with Crippen LogP contribution in [0.3, 0.4) is 0 Å². The van der Waals surface area contributed by atoms with Crippen LogP contribution in [0.5, 0.6) is 0 Å². The Hall–Kier alpha value is -1.91. The van der Waals surface area contributed by atoms with Crippen molar-refractivity contribution in [2.24, 2.45) is 5.92 Å². The summed E-state index contributed by atoms with van der Waals surface area (Å²) in [7, 11) is 0. The van der Waals surface area contributed by atoms with Crippen LogP contribution in [0.25, 0.3) is 0 Å². The normalized spacial score (nSPS) is 21.9. The zero-order valence-corrected chi connectivity index (χ0v) is 12.5. The molecule has 1 aliphatic rings. The van der Waals surface area contributed by atoms with Gasteiger partial charge < -0.3 is 10.4 Å². The number of rotatable bonds is 5. The molecule has 2 rings (SSSR count). The topological polar surface area (TPSA) is 93.4 Å². The monoisotopic (exact) mass is 307 g/mol. The highest BCUT2D eigenvalue weighted by Crippen LogP contribution is 2.25. The van der Waals surface area contributed by atoms with Crippen molar-refractivity contribution < 1.29 is 14.7 Å². The average Bonchev–Trinajstić information content (AvgIpc) is 3.03. The summed E-state index contributed by atoms with van der Waals surface area (Å²) in [6.45, 7) is 3.12. The summed E-state index contributed by atoms with van der Waals surface area (Å²) >= 11 is 1.32. The zero-order valence-electron chi connectivity index (χ0n) is 11.7. The van der Waals surface area contributed by atoms with Crippen LogP contribution in [0.1, 0.15) is 25.3 Å². The highest BCUT2D eigenvalue weighted by Gasteiger charge is 2.35. The lowest BCUT2D eigenvalue weighted by molar-refractivity contribution is -0.142. The predicted octanol–water partition coefficient (Wildman–Crippen LogP) is 1.74. The number of nitriles is 1. The molecule has 0 spiro atoms. The minimum Gasteiger partial charge on any atom is -0.481 e. The number of thiophene rings is 1. The highest BCUT2D eigenvalue weighted by molar-refractivity contribution is 7.14. The smallest absolute Gasteiger partial charge is 0.308 e. The molecule has 2 atom stereocenters. The summed E-state index contributed by atoms with van der Waals surface area (Å²) in [5.41, 5.74) is 0.467. The molecule has 0 aromatic carbocycles. The van der Waals surface area contributed by atoms with E-state index < -0.39 is 5.97 Å². The summed E-state index contributed by atoms with van der Waals surface area (Å²) in [5.74, 6) is -1.28. The number of anilines is 1. The summed E-state index contributed by atoms with van der Waals surface area (Å²) in [4.78, 5) is 25.0. The second-order valence-electron chi connectivity index (χ2n) is 5.08. The van der Waals surface area contributed by atoms with Crippen molar-refractivity contribution in [2.75, 3.05) is 18.4 Å². The van der Waals surface area contributed by atoms with Crippen LogP contribution in [-0.4, -0.2) is 41.0 Å². The van der Waals surface area contributed by atoms with Gasteiger partial charge in [0.15, 0.2) is 0 Å². The van der Waals surface area contributed by atoms with Gasteiger partial charge in [0, 0.05) is 19.0 Å². The minimum atomic E-state index is -0.772. The van der Waals surface area contributed by atoms with Crippen molar-refractivity contribution in [1.82, 2.24) is 4.90 Å². The van der Waals surface area contributed by atoms with Crippen molar-refractivity contribution in [3.05, 3.63) is 17.0 Å². The fraction of sp³-hybridized carbons (Fsp3) is 0.500. The molecule has 2 N–H and O–H groups in total. The third-order valence-electron chi connectivity index (χ3n) is 3.87. The predicted molar refractivity (Wildman–Crippen MR) is 79.1 cm³/mol. The zero-order chi connectivity index (χ0) is 15.4. The molecule has 2 unspecified atom stereocenters. The van der Waals surface area contributed by atoms with E-state index in [4.69, 9.17) is 10.4 Å². The second-order valence-corrected chi connectivity index (χ2v) is 6.00. The minimum absolute atomic E-state index is 0.0493.